The molecule has 8 nitrogen and oxygen atoms in total. The molecule has 2 aliphatic rings. The molecule has 0 aliphatic carbocycles. The normalized spacial score (nSPS) is 21.0. The molecule has 146 valence electrons. The minimum absolute atomic E-state index is 0.00328. The van der Waals surface area contributed by atoms with Crippen molar-refractivity contribution in [2.45, 2.75) is 12.5 Å². The third kappa shape index (κ3) is 3.96. The van der Waals surface area contributed by atoms with Crippen LogP contribution in [0, 0.1) is 5.82 Å². The molecule has 1 atom stereocenters. The number of ether oxygens (including phenoxy) is 1. The molecule has 1 aromatic rings. The Bertz CT molecular complexity index is 915. The van der Waals surface area contributed by atoms with Gasteiger partial charge in [-0.3, -0.25) is 9.69 Å². The molecule has 1 fully saturated rings. The van der Waals surface area contributed by atoms with Crippen molar-refractivity contribution in [3.63, 3.8) is 0 Å². The summed E-state index contributed by atoms with van der Waals surface area (Å²) in [6, 6.07) is 4.34. The minimum Gasteiger partial charge on any atom is -0.434 e. The van der Waals surface area contributed by atoms with E-state index >= 15 is 0 Å². The van der Waals surface area contributed by atoms with E-state index in [-0.39, 0.29) is 19.6 Å². The smallest absolute Gasteiger partial charge is 0.415 e. The Morgan fingerprint density at radius 3 is 2.67 bits per heavy atom. The maximum Gasteiger partial charge on any atom is 0.415 e. The number of cyclic esters (lactones) is 1. The predicted molar refractivity (Wildman–Crippen MR) is 97.1 cm³/mol. The Hall–Kier alpha value is -2.46. The van der Waals surface area contributed by atoms with Crippen LogP contribution in [0.25, 0.3) is 5.57 Å². The second kappa shape index (κ2) is 7.28. The lowest BCUT2D eigenvalue weighted by molar-refractivity contribution is -0.127. The van der Waals surface area contributed by atoms with E-state index in [4.69, 9.17) is 4.74 Å². The first kappa shape index (κ1) is 19.3. The number of rotatable bonds is 4. The van der Waals surface area contributed by atoms with E-state index < -0.39 is 33.9 Å². The average Bonchev–Trinajstić information content (AvgIpc) is 3.02. The second-order valence-electron chi connectivity index (χ2n) is 6.36. The molecule has 27 heavy (non-hydrogen) atoms. The fraction of sp³-hybridized carbons (Fsp3) is 0.412. The lowest BCUT2D eigenvalue weighted by Gasteiger charge is -2.24. The van der Waals surface area contributed by atoms with Crippen molar-refractivity contribution in [1.82, 2.24) is 9.62 Å². The Labute approximate surface area is 156 Å². The van der Waals surface area contributed by atoms with E-state index in [0.29, 0.717) is 23.2 Å². The molecule has 0 spiro atoms. The van der Waals surface area contributed by atoms with Crippen molar-refractivity contribution in [2.75, 3.05) is 37.8 Å². The fourth-order valence-corrected chi connectivity index (χ4v) is 3.87. The lowest BCUT2D eigenvalue weighted by atomic mass is 9.99. The van der Waals surface area contributed by atoms with Gasteiger partial charge in [0, 0.05) is 25.7 Å². The molecule has 0 unspecified atom stereocenters. The maximum atomic E-state index is 14.6. The van der Waals surface area contributed by atoms with Crippen LogP contribution in [0.5, 0.6) is 0 Å². The number of anilines is 1. The number of likely N-dealkylation sites (N-methyl/N-ethyl adjacent to an activating group) is 1. The molecule has 0 radical (unpaired) electrons. The molecule has 3 rings (SSSR count). The van der Waals surface area contributed by atoms with Crippen LogP contribution in [-0.4, -0.2) is 63.8 Å². The summed E-state index contributed by atoms with van der Waals surface area (Å²) in [6.45, 7) is 0.489. The SMILES string of the molecule is CNC(=O)[C@H]1CN(c2ccc(C3=CCN(S(C)(=O)=O)CC3)c(F)c2)C(=O)O1. The second-order valence-corrected chi connectivity index (χ2v) is 8.34. The van der Waals surface area contributed by atoms with E-state index in [1.807, 2.05) is 0 Å². The summed E-state index contributed by atoms with van der Waals surface area (Å²) in [4.78, 5) is 24.8. The summed E-state index contributed by atoms with van der Waals surface area (Å²) in [5.41, 5.74) is 1.37. The van der Waals surface area contributed by atoms with Gasteiger partial charge in [0.2, 0.25) is 10.0 Å². The average molecular weight is 397 g/mol. The number of carbonyl (C=O) groups excluding carboxylic acids is 2. The van der Waals surface area contributed by atoms with Crippen LogP contribution < -0.4 is 10.2 Å². The summed E-state index contributed by atoms with van der Waals surface area (Å²) < 4.78 is 44.1. The van der Waals surface area contributed by atoms with Gasteiger partial charge in [-0.25, -0.2) is 17.6 Å². The zero-order chi connectivity index (χ0) is 19.8. The zero-order valence-electron chi connectivity index (χ0n) is 14.9. The van der Waals surface area contributed by atoms with Crippen LogP contribution in [-0.2, 0) is 19.6 Å². The van der Waals surface area contributed by atoms with Gasteiger partial charge in [0.25, 0.3) is 5.91 Å². The first-order chi connectivity index (χ1) is 12.7. The standard InChI is InChI=1S/C17H20FN3O5S/c1-19-16(22)15-10-21(17(23)26-15)12-3-4-13(14(18)9-12)11-5-7-20(8-6-11)27(2,24)25/h3-5,9,15H,6-8,10H2,1-2H3,(H,19,22)/t15-/m1/s1. The third-order valence-corrected chi connectivity index (χ3v) is 5.87. The molecular weight excluding hydrogens is 377 g/mol. The van der Waals surface area contributed by atoms with E-state index in [1.165, 1.54) is 22.3 Å². The van der Waals surface area contributed by atoms with Crippen molar-refractivity contribution in [2.24, 2.45) is 0 Å². The van der Waals surface area contributed by atoms with Gasteiger partial charge in [0.05, 0.1) is 18.5 Å². The molecular formula is C17H20FN3O5S. The van der Waals surface area contributed by atoms with E-state index in [2.05, 4.69) is 5.32 Å². The summed E-state index contributed by atoms with van der Waals surface area (Å²) in [7, 11) is -1.84. The van der Waals surface area contributed by atoms with Gasteiger partial charge in [-0.05, 0) is 30.2 Å². The highest BCUT2D eigenvalue weighted by molar-refractivity contribution is 7.88. The topological polar surface area (TPSA) is 96.0 Å². The fourth-order valence-electron chi connectivity index (χ4n) is 3.10. The predicted octanol–water partition coefficient (Wildman–Crippen LogP) is 0.946. The highest BCUT2D eigenvalue weighted by Crippen LogP contribution is 2.30. The van der Waals surface area contributed by atoms with Gasteiger partial charge < -0.3 is 10.1 Å². The van der Waals surface area contributed by atoms with Gasteiger partial charge in [0.15, 0.2) is 6.10 Å². The van der Waals surface area contributed by atoms with Crippen molar-refractivity contribution in [3.05, 3.63) is 35.7 Å². The van der Waals surface area contributed by atoms with Crippen LogP contribution in [0.15, 0.2) is 24.3 Å². The van der Waals surface area contributed by atoms with Gasteiger partial charge >= 0.3 is 6.09 Å². The lowest BCUT2D eigenvalue weighted by Crippen LogP contribution is -2.35. The van der Waals surface area contributed by atoms with Gasteiger partial charge in [-0.1, -0.05) is 6.08 Å². The number of halogens is 1. The Morgan fingerprint density at radius 1 is 1.37 bits per heavy atom. The summed E-state index contributed by atoms with van der Waals surface area (Å²) in [6.07, 6.45) is 1.58. The van der Waals surface area contributed by atoms with E-state index in [1.54, 1.807) is 18.2 Å². The maximum absolute atomic E-state index is 14.6. The van der Waals surface area contributed by atoms with E-state index in [0.717, 1.165) is 6.26 Å². The number of amides is 2. The van der Waals surface area contributed by atoms with Crippen LogP contribution in [0.4, 0.5) is 14.9 Å². The van der Waals surface area contributed by atoms with E-state index in [9.17, 15) is 22.4 Å². The summed E-state index contributed by atoms with van der Waals surface area (Å²) >= 11 is 0. The number of hydrogen-bond acceptors (Lipinski definition) is 5. The van der Waals surface area contributed by atoms with Crippen LogP contribution in [0.2, 0.25) is 0 Å². The molecule has 0 aromatic heterocycles. The zero-order valence-corrected chi connectivity index (χ0v) is 15.8. The van der Waals surface area contributed by atoms with Crippen LogP contribution in [0.1, 0.15) is 12.0 Å². The minimum atomic E-state index is -3.28. The van der Waals surface area contributed by atoms with Gasteiger partial charge in [-0.2, -0.15) is 4.31 Å². The first-order valence-corrected chi connectivity index (χ1v) is 10.2. The highest BCUT2D eigenvalue weighted by Gasteiger charge is 2.36. The monoisotopic (exact) mass is 397 g/mol. The molecule has 2 aliphatic heterocycles. The van der Waals surface area contributed by atoms with Crippen LogP contribution in [0.3, 0.4) is 0 Å². The molecule has 2 heterocycles. The number of benzene rings is 1. The Balaban J connectivity index is 1.78. The molecule has 1 aromatic carbocycles. The number of hydrogen-bond donors (Lipinski definition) is 1. The molecule has 0 saturated carbocycles. The largest absolute Gasteiger partial charge is 0.434 e. The summed E-state index contributed by atoms with van der Waals surface area (Å²) in [5, 5.41) is 2.41. The number of carbonyl (C=O) groups is 2. The molecule has 0 bridgehead atoms. The number of sulfonamides is 1. The van der Waals surface area contributed by atoms with Crippen molar-refractivity contribution in [1.29, 1.82) is 0 Å². The summed E-state index contributed by atoms with van der Waals surface area (Å²) in [5.74, 6) is -0.950. The highest BCUT2D eigenvalue weighted by atomic mass is 32.2. The van der Waals surface area contributed by atoms with Gasteiger partial charge in [0.1, 0.15) is 5.82 Å². The Morgan fingerprint density at radius 2 is 2.11 bits per heavy atom. The van der Waals surface area contributed by atoms with Crippen molar-refractivity contribution < 1.29 is 27.1 Å². The number of nitrogens with one attached hydrogen (secondary N) is 1. The molecule has 2 amide bonds. The van der Waals surface area contributed by atoms with Crippen molar-refractivity contribution in [3.8, 4) is 0 Å². The van der Waals surface area contributed by atoms with Crippen molar-refractivity contribution >= 4 is 33.3 Å². The molecule has 1 saturated heterocycles. The molecule has 10 heteroatoms. The first-order valence-electron chi connectivity index (χ1n) is 8.34. The third-order valence-electron chi connectivity index (χ3n) is 4.60. The van der Waals surface area contributed by atoms with Crippen LogP contribution >= 0.6 is 0 Å². The van der Waals surface area contributed by atoms with Gasteiger partial charge in [-0.15, -0.1) is 0 Å². The quantitative estimate of drug-likeness (QED) is 0.816. The number of nitrogens with zero attached hydrogens (tertiary/aromatic N) is 2. The Kier molecular flexibility index (Phi) is 5.20. The molecule has 1 N–H and O–H groups in total.